The molecule has 0 fully saturated rings. The first-order valence-corrected chi connectivity index (χ1v) is 9.93. The molecule has 1 amide bonds. The van der Waals surface area contributed by atoms with Crippen LogP contribution in [0.2, 0.25) is 10.0 Å². The number of anilines is 1. The summed E-state index contributed by atoms with van der Waals surface area (Å²) in [6.45, 7) is 1.79. The van der Waals surface area contributed by atoms with Gasteiger partial charge in [0.1, 0.15) is 5.75 Å². The Hall–Kier alpha value is -2.61. The van der Waals surface area contributed by atoms with Crippen LogP contribution >= 0.6 is 34.5 Å². The quantitative estimate of drug-likeness (QED) is 0.476. The molecule has 2 heterocycles. The van der Waals surface area contributed by atoms with Crippen LogP contribution < -0.4 is 10.1 Å². The zero-order valence-electron chi connectivity index (χ0n) is 14.6. The predicted molar refractivity (Wildman–Crippen MR) is 112 cm³/mol. The Balaban J connectivity index is 1.50. The van der Waals surface area contributed by atoms with Gasteiger partial charge in [0.05, 0.1) is 10.7 Å². The van der Waals surface area contributed by atoms with Gasteiger partial charge in [0.15, 0.2) is 6.61 Å². The number of amides is 1. The summed E-state index contributed by atoms with van der Waals surface area (Å²) in [6, 6.07) is 12.8. The summed E-state index contributed by atoms with van der Waals surface area (Å²) in [5.74, 6) is 0.528. The van der Waals surface area contributed by atoms with Crippen LogP contribution in [-0.4, -0.2) is 27.1 Å². The molecule has 0 bridgehead atoms. The number of carbonyl (C=O) groups is 1. The third-order valence-electron chi connectivity index (χ3n) is 3.99. The SMILES string of the molecule is Cc1ccccc1OCC(=O)Nc1nc2scc(-c3ccc(Cl)cc3Cl)n2n1. The Bertz CT molecular complexity index is 1170. The summed E-state index contributed by atoms with van der Waals surface area (Å²) >= 11 is 13.7. The molecular formula is C19H14Cl2N4O2S. The minimum absolute atomic E-state index is 0.131. The molecule has 142 valence electrons. The number of hydrogen-bond acceptors (Lipinski definition) is 5. The maximum absolute atomic E-state index is 12.2. The van der Waals surface area contributed by atoms with E-state index in [-0.39, 0.29) is 18.5 Å². The number of aromatic nitrogens is 3. The molecule has 28 heavy (non-hydrogen) atoms. The molecule has 0 saturated carbocycles. The second kappa shape index (κ2) is 7.79. The molecule has 2 aromatic heterocycles. The lowest BCUT2D eigenvalue weighted by molar-refractivity contribution is -0.118. The highest BCUT2D eigenvalue weighted by Crippen LogP contribution is 2.33. The Morgan fingerprint density at radius 1 is 1.25 bits per heavy atom. The van der Waals surface area contributed by atoms with Crippen LogP contribution in [0.4, 0.5) is 5.95 Å². The number of benzene rings is 2. The molecule has 0 aliphatic rings. The zero-order valence-corrected chi connectivity index (χ0v) is 17.0. The van der Waals surface area contributed by atoms with E-state index in [2.05, 4.69) is 15.4 Å². The first-order valence-electron chi connectivity index (χ1n) is 8.29. The van der Waals surface area contributed by atoms with Gasteiger partial charge in [0.25, 0.3) is 11.9 Å². The Morgan fingerprint density at radius 2 is 2.07 bits per heavy atom. The number of halogens is 2. The van der Waals surface area contributed by atoms with Gasteiger partial charge in [-0.3, -0.25) is 10.1 Å². The number of ether oxygens (including phenoxy) is 1. The van der Waals surface area contributed by atoms with E-state index < -0.39 is 0 Å². The first-order chi connectivity index (χ1) is 13.5. The summed E-state index contributed by atoms with van der Waals surface area (Å²) in [7, 11) is 0. The van der Waals surface area contributed by atoms with Gasteiger partial charge in [-0.15, -0.1) is 16.4 Å². The van der Waals surface area contributed by atoms with Crippen LogP contribution in [0.25, 0.3) is 16.2 Å². The van der Waals surface area contributed by atoms with E-state index in [1.165, 1.54) is 11.3 Å². The maximum Gasteiger partial charge on any atom is 0.264 e. The fourth-order valence-corrected chi connectivity index (χ4v) is 3.97. The van der Waals surface area contributed by atoms with Crippen molar-refractivity contribution < 1.29 is 9.53 Å². The molecular weight excluding hydrogens is 419 g/mol. The summed E-state index contributed by atoms with van der Waals surface area (Å²) in [6.07, 6.45) is 0. The highest BCUT2D eigenvalue weighted by molar-refractivity contribution is 7.15. The van der Waals surface area contributed by atoms with Gasteiger partial charge in [-0.1, -0.05) is 41.4 Å². The van der Waals surface area contributed by atoms with Crippen molar-refractivity contribution in [2.24, 2.45) is 0 Å². The lowest BCUT2D eigenvalue weighted by Crippen LogP contribution is -2.21. The fourth-order valence-electron chi connectivity index (χ4n) is 2.64. The molecule has 0 aliphatic carbocycles. The van der Waals surface area contributed by atoms with E-state index in [1.54, 1.807) is 16.6 Å². The molecule has 0 spiro atoms. The molecule has 0 unspecified atom stereocenters. The third kappa shape index (κ3) is 3.82. The van der Waals surface area contributed by atoms with Crippen LogP contribution in [0.15, 0.2) is 47.8 Å². The minimum Gasteiger partial charge on any atom is -0.483 e. The van der Waals surface area contributed by atoms with Gasteiger partial charge in [0.2, 0.25) is 4.96 Å². The molecule has 0 atom stereocenters. The molecule has 0 radical (unpaired) electrons. The van der Waals surface area contributed by atoms with Crippen molar-refractivity contribution in [2.75, 3.05) is 11.9 Å². The summed E-state index contributed by atoms with van der Waals surface area (Å²) in [4.78, 5) is 17.2. The molecule has 0 aliphatic heterocycles. The second-order valence-corrected chi connectivity index (χ2v) is 7.66. The second-order valence-electron chi connectivity index (χ2n) is 5.98. The molecule has 4 rings (SSSR count). The van der Waals surface area contributed by atoms with Crippen molar-refractivity contribution in [1.82, 2.24) is 14.6 Å². The number of rotatable bonds is 5. The number of carbonyl (C=O) groups excluding carboxylic acids is 1. The molecule has 1 N–H and O–H groups in total. The van der Waals surface area contributed by atoms with Gasteiger partial charge in [-0.2, -0.15) is 4.98 Å². The lowest BCUT2D eigenvalue weighted by Gasteiger charge is -2.07. The Kier molecular flexibility index (Phi) is 5.21. The van der Waals surface area contributed by atoms with Crippen molar-refractivity contribution in [1.29, 1.82) is 0 Å². The van der Waals surface area contributed by atoms with E-state index in [0.29, 0.717) is 20.8 Å². The van der Waals surface area contributed by atoms with Gasteiger partial charge in [-0.05, 0) is 36.8 Å². The molecule has 2 aromatic carbocycles. The van der Waals surface area contributed by atoms with Crippen LogP contribution in [0, 0.1) is 6.92 Å². The van der Waals surface area contributed by atoms with Crippen LogP contribution in [0.5, 0.6) is 5.75 Å². The van der Waals surface area contributed by atoms with Crippen molar-refractivity contribution in [3.8, 4) is 17.0 Å². The average molecular weight is 433 g/mol. The van der Waals surface area contributed by atoms with Crippen LogP contribution in [-0.2, 0) is 4.79 Å². The van der Waals surface area contributed by atoms with E-state index in [9.17, 15) is 4.79 Å². The van der Waals surface area contributed by atoms with E-state index >= 15 is 0 Å². The van der Waals surface area contributed by atoms with Crippen LogP contribution in [0.1, 0.15) is 5.56 Å². The number of para-hydroxylation sites is 1. The zero-order chi connectivity index (χ0) is 19.7. The normalized spacial score (nSPS) is 11.0. The number of aryl methyl sites for hydroxylation is 1. The highest BCUT2D eigenvalue weighted by atomic mass is 35.5. The highest BCUT2D eigenvalue weighted by Gasteiger charge is 2.15. The van der Waals surface area contributed by atoms with Crippen molar-refractivity contribution in [3.63, 3.8) is 0 Å². The molecule has 9 heteroatoms. The summed E-state index contributed by atoms with van der Waals surface area (Å²) in [5.41, 5.74) is 2.51. The number of nitrogens with one attached hydrogen (secondary N) is 1. The smallest absolute Gasteiger partial charge is 0.264 e. The van der Waals surface area contributed by atoms with Crippen molar-refractivity contribution in [2.45, 2.75) is 6.92 Å². The van der Waals surface area contributed by atoms with E-state index in [1.807, 2.05) is 42.6 Å². The molecule has 0 saturated heterocycles. The predicted octanol–water partition coefficient (Wildman–Crippen LogP) is 5.09. The topological polar surface area (TPSA) is 68.5 Å². The number of thiazole rings is 1. The van der Waals surface area contributed by atoms with E-state index in [0.717, 1.165) is 16.8 Å². The molecule has 6 nitrogen and oxygen atoms in total. The fraction of sp³-hybridized carbons (Fsp3) is 0.105. The van der Waals surface area contributed by atoms with Gasteiger partial charge >= 0.3 is 0 Å². The minimum atomic E-state index is -0.340. The Morgan fingerprint density at radius 3 is 2.86 bits per heavy atom. The van der Waals surface area contributed by atoms with Gasteiger partial charge in [0, 0.05) is 16.0 Å². The van der Waals surface area contributed by atoms with Crippen molar-refractivity contribution >= 4 is 51.4 Å². The van der Waals surface area contributed by atoms with Gasteiger partial charge < -0.3 is 4.74 Å². The monoisotopic (exact) mass is 432 g/mol. The largest absolute Gasteiger partial charge is 0.483 e. The van der Waals surface area contributed by atoms with E-state index in [4.69, 9.17) is 27.9 Å². The number of hydrogen-bond donors (Lipinski definition) is 1. The van der Waals surface area contributed by atoms with Crippen molar-refractivity contribution in [3.05, 3.63) is 63.5 Å². The Labute approximate surface area is 174 Å². The summed E-state index contributed by atoms with van der Waals surface area (Å²) in [5, 5.41) is 9.99. The third-order valence-corrected chi connectivity index (χ3v) is 5.36. The average Bonchev–Trinajstić information content (AvgIpc) is 3.21. The molecule has 4 aromatic rings. The maximum atomic E-state index is 12.2. The number of nitrogens with zero attached hydrogens (tertiary/aromatic N) is 3. The standard InChI is InChI=1S/C19H14Cl2N4O2S/c1-11-4-2-3-5-16(11)27-9-17(26)22-18-23-19-25(24-18)15(10-28-19)13-7-6-12(20)8-14(13)21/h2-8,10H,9H2,1H3,(H,22,24,26). The first kappa shape index (κ1) is 18.7. The summed E-state index contributed by atoms with van der Waals surface area (Å²) < 4.78 is 7.18. The van der Waals surface area contributed by atoms with Gasteiger partial charge in [-0.25, -0.2) is 4.52 Å². The number of fused-ring (bicyclic) bond motifs is 1. The lowest BCUT2D eigenvalue weighted by atomic mass is 10.2. The van der Waals surface area contributed by atoms with Crippen LogP contribution in [0.3, 0.4) is 0 Å².